The van der Waals surface area contributed by atoms with Crippen molar-refractivity contribution in [3.8, 4) is 0 Å². The normalized spacial score (nSPS) is 12.8. The van der Waals surface area contributed by atoms with Crippen LogP contribution in [0, 0.1) is 5.82 Å². The molecule has 78 valence electrons. The maximum absolute atomic E-state index is 12.8. The van der Waals surface area contributed by atoms with E-state index in [-0.39, 0.29) is 5.82 Å². The molecule has 0 radical (unpaired) electrons. The van der Waals surface area contributed by atoms with Gasteiger partial charge in [-0.3, -0.25) is 0 Å². The van der Waals surface area contributed by atoms with Gasteiger partial charge in [-0.2, -0.15) is 0 Å². The Balaban J connectivity index is 2.43. The van der Waals surface area contributed by atoms with Gasteiger partial charge in [0.15, 0.2) is 0 Å². The highest BCUT2D eigenvalue weighted by Gasteiger charge is 2.04. The van der Waals surface area contributed by atoms with Crippen LogP contribution in [-0.4, -0.2) is 24.3 Å². The second-order valence-corrected chi connectivity index (χ2v) is 3.30. The summed E-state index contributed by atoms with van der Waals surface area (Å²) < 4.78 is 12.8. The minimum atomic E-state index is -0.447. The molecule has 3 heteroatoms. The number of rotatable bonds is 5. The predicted octanol–water partition coefficient (Wildman–Crippen LogP) is 1.34. The molecule has 2 N–H and O–H groups in total. The van der Waals surface area contributed by atoms with E-state index in [9.17, 15) is 9.50 Å². The van der Waals surface area contributed by atoms with Crippen LogP contribution in [0.25, 0.3) is 0 Å². The lowest BCUT2D eigenvalue weighted by Crippen LogP contribution is -2.28. The Labute approximate surface area is 83.8 Å². The molecule has 14 heavy (non-hydrogen) atoms. The third-order valence-electron chi connectivity index (χ3n) is 1.99. The van der Waals surface area contributed by atoms with Crippen molar-refractivity contribution in [2.24, 2.45) is 0 Å². The fraction of sp³-hybridized carbons (Fsp3) is 0.455. The Morgan fingerprint density at radius 2 is 2.29 bits per heavy atom. The van der Waals surface area contributed by atoms with Crippen LogP contribution >= 0.6 is 0 Å². The molecule has 0 aliphatic rings. The van der Waals surface area contributed by atoms with Crippen molar-refractivity contribution < 1.29 is 9.50 Å². The van der Waals surface area contributed by atoms with Gasteiger partial charge >= 0.3 is 0 Å². The first-order valence-corrected chi connectivity index (χ1v) is 4.85. The van der Waals surface area contributed by atoms with Gasteiger partial charge in [-0.25, -0.2) is 4.39 Å². The number of likely N-dealkylation sites (N-methyl/N-ethyl adjacent to an activating group) is 1. The molecule has 0 aromatic heterocycles. The second kappa shape index (κ2) is 5.73. The molecule has 0 spiro atoms. The van der Waals surface area contributed by atoms with Crippen molar-refractivity contribution in [2.75, 3.05) is 13.1 Å². The summed E-state index contributed by atoms with van der Waals surface area (Å²) in [7, 11) is 0. The van der Waals surface area contributed by atoms with Gasteiger partial charge in [-0.15, -0.1) is 0 Å². The third kappa shape index (κ3) is 3.85. The van der Waals surface area contributed by atoms with E-state index < -0.39 is 6.10 Å². The zero-order valence-corrected chi connectivity index (χ0v) is 8.33. The summed E-state index contributed by atoms with van der Waals surface area (Å²) in [5.74, 6) is -0.252. The lowest BCUT2D eigenvalue weighted by Gasteiger charge is -2.10. The first-order chi connectivity index (χ1) is 6.72. The number of hydrogen-bond acceptors (Lipinski definition) is 2. The molecule has 0 aliphatic carbocycles. The quantitative estimate of drug-likeness (QED) is 0.746. The van der Waals surface area contributed by atoms with Crippen molar-refractivity contribution in [3.05, 3.63) is 35.6 Å². The van der Waals surface area contributed by atoms with Gasteiger partial charge < -0.3 is 10.4 Å². The van der Waals surface area contributed by atoms with Gasteiger partial charge in [0.2, 0.25) is 0 Å². The highest BCUT2D eigenvalue weighted by molar-refractivity contribution is 5.17. The average Bonchev–Trinajstić information content (AvgIpc) is 2.15. The fourth-order valence-corrected chi connectivity index (χ4v) is 1.32. The van der Waals surface area contributed by atoms with Crippen LogP contribution < -0.4 is 5.32 Å². The van der Waals surface area contributed by atoms with Crippen LogP contribution in [0.3, 0.4) is 0 Å². The fourth-order valence-electron chi connectivity index (χ4n) is 1.32. The van der Waals surface area contributed by atoms with Gasteiger partial charge in [0.25, 0.3) is 0 Å². The monoisotopic (exact) mass is 197 g/mol. The molecular formula is C11H16FNO. The average molecular weight is 197 g/mol. The molecule has 1 atom stereocenters. The van der Waals surface area contributed by atoms with Crippen molar-refractivity contribution in [2.45, 2.75) is 19.4 Å². The van der Waals surface area contributed by atoms with E-state index in [2.05, 4.69) is 5.32 Å². The summed E-state index contributed by atoms with van der Waals surface area (Å²) in [6.45, 7) is 3.36. The van der Waals surface area contributed by atoms with E-state index in [1.807, 2.05) is 13.0 Å². The number of halogens is 1. The summed E-state index contributed by atoms with van der Waals surface area (Å²) >= 11 is 0. The molecule has 0 bridgehead atoms. The standard InChI is InChI=1S/C11H16FNO/c1-2-13-8-11(14)7-9-4-3-5-10(12)6-9/h3-6,11,13-14H,2,7-8H2,1H3. The van der Waals surface area contributed by atoms with E-state index in [1.165, 1.54) is 12.1 Å². The predicted molar refractivity (Wildman–Crippen MR) is 54.7 cm³/mol. The van der Waals surface area contributed by atoms with Gasteiger partial charge in [0, 0.05) is 6.54 Å². The van der Waals surface area contributed by atoms with Crippen LogP contribution in [0.1, 0.15) is 12.5 Å². The molecular weight excluding hydrogens is 181 g/mol. The summed E-state index contributed by atoms with van der Waals surface area (Å²) in [4.78, 5) is 0. The second-order valence-electron chi connectivity index (χ2n) is 3.30. The van der Waals surface area contributed by atoms with Gasteiger partial charge in [-0.05, 0) is 30.7 Å². The molecule has 0 saturated heterocycles. The molecule has 0 fully saturated rings. The number of aliphatic hydroxyl groups is 1. The molecule has 1 aromatic rings. The van der Waals surface area contributed by atoms with Crippen LogP contribution in [-0.2, 0) is 6.42 Å². The van der Waals surface area contributed by atoms with E-state index in [4.69, 9.17) is 0 Å². The lowest BCUT2D eigenvalue weighted by atomic mass is 10.1. The highest BCUT2D eigenvalue weighted by Crippen LogP contribution is 2.06. The molecule has 1 rings (SSSR count). The third-order valence-corrected chi connectivity index (χ3v) is 1.99. The van der Waals surface area contributed by atoms with Crippen molar-refractivity contribution in [3.63, 3.8) is 0 Å². The SMILES string of the molecule is CCNCC(O)Cc1cccc(F)c1. The van der Waals surface area contributed by atoms with Crippen LogP contribution in [0.5, 0.6) is 0 Å². The Kier molecular flexibility index (Phi) is 4.56. The molecule has 0 aliphatic heterocycles. The minimum Gasteiger partial charge on any atom is -0.391 e. The van der Waals surface area contributed by atoms with Crippen molar-refractivity contribution in [1.82, 2.24) is 5.32 Å². The summed E-state index contributed by atoms with van der Waals surface area (Å²) in [5, 5.41) is 12.6. The number of nitrogens with one attached hydrogen (secondary N) is 1. The Hall–Kier alpha value is -0.930. The number of hydrogen-bond donors (Lipinski definition) is 2. The van der Waals surface area contributed by atoms with Gasteiger partial charge in [-0.1, -0.05) is 19.1 Å². The largest absolute Gasteiger partial charge is 0.391 e. The molecule has 0 heterocycles. The number of benzene rings is 1. The lowest BCUT2D eigenvalue weighted by molar-refractivity contribution is 0.172. The van der Waals surface area contributed by atoms with E-state index >= 15 is 0 Å². The minimum absolute atomic E-state index is 0.252. The maximum Gasteiger partial charge on any atom is 0.123 e. The van der Waals surface area contributed by atoms with Crippen molar-refractivity contribution in [1.29, 1.82) is 0 Å². The molecule has 1 unspecified atom stereocenters. The van der Waals surface area contributed by atoms with E-state index in [1.54, 1.807) is 6.07 Å². The Bertz CT molecular complexity index is 278. The summed E-state index contributed by atoms with van der Waals surface area (Å²) in [6, 6.07) is 6.33. The van der Waals surface area contributed by atoms with Gasteiger partial charge in [0.05, 0.1) is 6.10 Å². The highest BCUT2D eigenvalue weighted by atomic mass is 19.1. The van der Waals surface area contributed by atoms with Crippen molar-refractivity contribution >= 4 is 0 Å². The first-order valence-electron chi connectivity index (χ1n) is 4.85. The van der Waals surface area contributed by atoms with Crippen LogP contribution in [0.4, 0.5) is 4.39 Å². The van der Waals surface area contributed by atoms with Gasteiger partial charge in [0.1, 0.15) is 5.82 Å². The van der Waals surface area contributed by atoms with Crippen LogP contribution in [0.2, 0.25) is 0 Å². The summed E-state index contributed by atoms with van der Waals surface area (Å²) in [5.41, 5.74) is 0.829. The smallest absolute Gasteiger partial charge is 0.123 e. The van der Waals surface area contributed by atoms with E-state index in [0.29, 0.717) is 13.0 Å². The number of aliphatic hydroxyl groups excluding tert-OH is 1. The summed E-state index contributed by atoms with van der Waals surface area (Å²) in [6.07, 6.45) is 0.0434. The molecule has 2 nitrogen and oxygen atoms in total. The first kappa shape index (κ1) is 11.1. The Morgan fingerprint density at radius 1 is 1.50 bits per heavy atom. The van der Waals surface area contributed by atoms with Crippen LogP contribution in [0.15, 0.2) is 24.3 Å². The molecule has 1 aromatic carbocycles. The molecule has 0 amide bonds. The Morgan fingerprint density at radius 3 is 2.93 bits per heavy atom. The van der Waals surface area contributed by atoms with E-state index in [0.717, 1.165) is 12.1 Å². The molecule has 0 saturated carbocycles. The maximum atomic E-state index is 12.8. The topological polar surface area (TPSA) is 32.3 Å². The zero-order chi connectivity index (χ0) is 10.4. The zero-order valence-electron chi connectivity index (χ0n) is 8.33.